The summed E-state index contributed by atoms with van der Waals surface area (Å²) in [4.78, 5) is 0. The SMILES string of the molecule is CC(C)OS(=O)C(F)(F)F. The third-order valence-corrected chi connectivity index (χ3v) is 1.41. The Morgan fingerprint density at radius 2 is 1.80 bits per heavy atom. The maximum absolute atomic E-state index is 11.4. The minimum atomic E-state index is -4.76. The summed E-state index contributed by atoms with van der Waals surface area (Å²) in [5.74, 6) is 0. The van der Waals surface area contributed by atoms with Crippen LogP contribution in [0.4, 0.5) is 13.2 Å². The normalized spacial score (nSPS) is 15.8. The van der Waals surface area contributed by atoms with E-state index in [1.54, 1.807) is 0 Å². The summed E-state index contributed by atoms with van der Waals surface area (Å²) in [7, 11) is 0. The van der Waals surface area contributed by atoms with Gasteiger partial charge in [-0.1, -0.05) is 0 Å². The maximum Gasteiger partial charge on any atom is 0.497 e. The molecule has 0 N–H and O–H groups in total. The van der Waals surface area contributed by atoms with E-state index in [9.17, 15) is 17.4 Å². The fourth-order valence-corrected chi connectivity index (χ4v) is 0.688. The number of alkyl halides is 3. The van der Waals surface area contributed by atoms with Gasteiger partial charge in [0.15, 0.2) is 0 Å². The summed E-state index contributed by atoms with van der Waals surface area (Å²) in [5.41, 5.74) is -4.76. The Hall–Kier alpha value is -0.100. The molecule has 0 saturated carbocycles. The van der Waals surface area contributed by atoms with E-state index in [4.69, 9.17) is 0 Å². The summed E-state index contributed by atoms with van der Waals surface area (Å²) in [6, 6.07) is 0. The summed E-state index contributed by atoms with van der Waals surface area (Å²) in [5, 5.41) is 0. The van der Waals surface area contributed by atoms with E-state index in [2.05, 4.69) is 4.18 Å². The predicted octanol–water partition coefficient (Wildman–Crippen LogP) is 1.59. The Morgan fingerprint density at radius 1 is 1.40 bits per heavy atom. The quantitative estimate of drug-likeness (QED) is 0.638. The van der Waals surface area contributed by atoms with Crippen LogP contribution >= 0.6 is 0 Å². The van der Waals surface area contributed by atoms with Crippen LogP contribution < -0.4 is 0 Å². The highest BCUT2D eigenvalue weighted by molar-refractivity contribution is 7.81. The summed E-state index contributed by atoms with van der Waals surface area (Å²) in [6.07, 6.45) is -0.678. The monoisotopic (exact) mass is 176 g/mol. The first-order valence-corrected chi connectivity index (χ1v) is 3.57. The van der Waals surface area contributed by atoms with E-state index >= 15 is 0 Å². The molecule has 0 spiro atoms. The molecule has 0 amide bonds. The molecule has 0 aromatic rings. The lowest BCUT2D eigenvalue weighted by molar-refractivity contribution is -0.0490. The number of hydrogen-bond acceptors (Lipinski definition) is 2. The van der Waals surface area contributed by atoms with Crippen molar-refractivity contribution in [1.82, 2.24) is 0 Å². The van der Waals surface area contributed by atoms with Crippen molar-refractivity contribution in [3.63, 3.8) is 0 Å². The van der Waals surface area contributed by atoms with E-state index in [0.29, 0.717) is 0 Å². The van der Waals surface area contributed by atoms with Gasteiger partial charge in [0.1, 0.15) is 0 Å². The summed E-state index contributed by atoms with van der Waals surface area (Å²) >= 11 is -3.17. The minimum Gasteiger partial charge on any atom is -0.281 e. The first-order valence-electron chi connectivity index (χ1n) is 2.49. The van der Waals surface area contributed by atoms with Crippen LogP contribution in [-0.2, 0) is 15.3 Å². The standard InChI is InChI=1S/C4H7F3O2S/c1-3(2)9-10(8)4(5,6)7/h3H,1-2H3. The van der Waals surface area contributed by atoms with Crippen molar-refractivity contribution in [2.45, 2.75) is 25.5 Å². The van der Waals surface area contributed by atoms with Gasteiger partial charge in [0.2, 0.25) is 0 Å². The van der Waals surface area contributed by atoms with Crippen molar-refractivity contribution in [3.8, 4) is 0 Å². The van der Waals surface area contributed by atoms with Crippen LogP contribution in [0.15, 0.2) is 0 Å². The zero-order chi connectivity index (χ0) is 8.36. The molecule has 1 unspecified atom stereocenters. The van der Waals surface area contributed by atoms with Gasteiger partial charge < -0.3 is 0 Å². The molecular weight excluding hydrogens is 169 g/mol. The van der Waals surface area contributed by atoms with Gasteiger partial charge in [-0.3, -0.25) is 4.18 Å². The molecule has 10 heavy (non-hydrogen) atoms. The molecule has 2 nitrogen and oxygen atoms in total. The molecule has 0 fully saturated rings. The highest BCUT2D eigenvalue weighted by atomic mass is 32.2. The molecule has 1 atom stereocenters. The van der Waals surface area contributed by atoms with E-state index in [1.807, 2.05) is 0 Å². The minimum absolute atomic E-state index is 0.678. The van der Waals surface area contributed by atoms with Crippen LogP contribution in [0.1, 0.15) is 13.8 Å². The van der Waals surface area contributed by atoms with E-state index in [0.717, 1.165) is 0 Å². The van der Waals surface area contributed by atoms with Crippen molar-refractivity contribution in [1.29, 1.82) is 0 Å². The van der Waals surface area contributed by atoms with Gasteiger partial charge in [-0.05, 0) is 13.8 Å². The number of rotatable bonds is 2. The second-order valence-electron chi connectivity index (χ2n) is 1.83. The highest BCUT2D eigenvalue weighted by Gasteiger charge is 2.39. The largest absolute Gasteiger partial charge is 0.497 e. The molecule has 0 bridgehead atoms. The van der Waals surface area contributed by atoms with E-state index < -0.39 is 22.7 Å². The average molecular weight is 176 g/mol. The van der Waals surface area contributed by atoms with E-state index in [1.165, 1.54) is 13.8 Å². The van der Waals surface area contributed by atoms with Gasteiger partial charge in [-0.15, -0.1) is 0 Å². The van der Waals surface area contributed by atoms with Crippen molar-refractivity contribution >= 4 is 11.1 Å². The molecule has 0 saturated heterocycles. The van der Waals surface area contributed by atoms with Gasteiger partial charge in [0, 0.05) is 0 Å². The molecule has 6 heteroatoms. The first kappa shape index (κ1) is 9.90. The van der Waals surface area contributed by atoms with Crippen LogP contribution in [0.2, 0.25) is 0 Å². The van der Waals surface area contributed by atoms with E-state index in [-0.39, 0.29) is 0 Å². The van der Waals surface area contributed by atoms with Gasteiger partial charge in [0.25, 0.3) is 11.1 Å². The van der Waals surface area contributed by atoms with Gasteiger partial charge in [-0.25, -0.2) is 4.21 Å². The fourth-order valence-electron chi connectivity index (χ4n) is 0.229. The lowest BCUT2D eigenvalue weighted by atomic mass is 10.5. The zero-order valence-corrected chi connectivity index (χ0v) is 6.25. The van der Waals surface area contributed by atoms with Gasteiger partial charge in [0.05, 0.1) is 6.10 Å². The Balaban J connectivity index is 3.87. The first-order chi connectivity index (χ1) is 4.34. The molecule has 0 aliphatic heterocycles. The molecule has 0 aromatic heterocycles. The molecule has 0 radical (unpaired) electrons. The van der Waals surface area contributed by atoms with Crippen LogP contribution in [0, 0.1) is 0 Å². The maximum atomic E-state index is 11.4. The zero-order valence-electron chi connectivity index (χ0n) is 5.44. The van der Waals surface area contributed by atoms with Gasteiger partial charge >= 0.3 is 5.51 Å². The molecule has 0 heterocycles. The number of hydrogen-bond donors (Lipinski definition) is 0. The topological polar surface area (TPSA) is 26.3 Å². The molecule has 0 rings (SSSR count). The average Bonchev–Trinajstić information content (AvgIpc) is 1.60. The molecule has 62 valence electrons. The molecule has 0 aromatic carbocycles. The second kappa shape index (κ2) is 3.34. The van der Waals surface area contributed by atoms with Crippen molar-refractivity contribution in [2.75, 3.05) is 0 Å². The number of halogens is 3. The summed E-state index contributed by atoms with van der Waals surface area (Å²) in [6.45, 7) is 2.76. The molecule has 0 aliphatic rings. The Morgan fingerprint density at radius 3 is 1.90 bits per heavy atom. The van der Waals surface area contributed by atoms with Crippen molar-refractivity contribution in [3.05, 3.63) is 0 Å². The fraction of sp³-hybridized carbons (Fsp3) is 1.00. The smallest absolute Gasteiger partial charge is 0.281 e. The lowest BCUT2D eigenvalue weighted by Gasteiger charge is -2.07. The molecular formula is C4H7F3O2S. The Kier molecular flexibility index (Phi) is 3.30. The van der Waals surface area contributed by atoms with Gasteiger partial charge in [-0.2, -0.15) is 13.2 Å². The Bertz CT molecular complexity index is 131. The van der Waals surface area contributed by atoms with Crippen LogP contribution in [0.25, 0.3) is 0 Å². The highest BCUT2D eigenvalue weighted by Crippen LogP contribution is 2.21. The third-order valence-electron chi connectivity index (χ3n) is 0.469. The summed E-state index contributed by atoms with van der Waals surface area (Å²) < 4.78 is 48.2. The lowest BCUT2D eigenvalue weighted by Crippen LogP contribution is -2.21. The second-order valence-corrected chi connectivity index (χ2v) is 2.95. The third kappa shape index (κ3) is 3.84. The van der Waals surface area contributed by atoms with Crippen LogP contribution in [0.3, 0.4) is 0 Å². The van der Waals surface area contributed by atoms with Crippen molar-refractivity contribution in [2.24, 2.45) is 0 Å². The van der Waals surface area contributed by atoms with Crippen LogP contribution in [-0.4, -0.2) is 15.8 Å². The van der Waals surface area contributed by atoms with Crippen molar-refractivity contribution < 1.29 is 21.6 Å². The Labute approximate surface area is 59.0 Å². The van der Waals surface area contributed by atoms with Crippen LogP contribution in [0.5, 0.6) is 0 Å². The molecule has 0 aliphatic carbocycles. The predicted molar refractivity (Wildman–Crippen MR) is 30.4 cm³/mol.